The summed E-state index contributed by atoms with van der Waals surface area (Å²) in [5.41, 5.74) is 5.96. The molecule has 0 spiro atoms. The van der Waals surface area contributed by atoms with Crippen LogP contribution in [0.4, 0.5) is 5.00 Å². The lowest BCUT2D eigenvalue weighted by Gasteiger charge is -2.09. The highest BCUT2D eigenvalue weighted by atomic mass is 32.1. The van der Waals surface area contributed by atoms with Crippen molar-refractivity contribution in [2.24, 2.45) is 5.73 Å². The van der Waals surface area contributed by atoms with Crippen LogP contribution in [0.2, 0.25) is 0 Å². The van der Waals surface area contributed by atoms with Crippen molar-refractivity contribution in [1.29, 1.82) is 5.26 Å². The smallest absolute Gasteiger partial charge is 0.244 e. The van der Waals surface area contributed by atoms with Gasteiger partial charge in [-0.1, -0.05) is 0 Å². The second kappa shape index (κ2) is 5.46. The molecule has 0 aliphatic heterocycles. The van der Waals surface area contributed by atoms with Crippen molar-refractivity contribution in [3.05, 3.63) is 17.0 Å². The summed E-state index contributed by atoms with van der Waals surface area (Å²) < 4.78 is 4.75. The maximum Gasteiger partial charge on any atom is 0.244 e. The van der Waals surface area contributed by atoms with Gasteiger partial charge in [0.15, 0.2) is 0 Å². The van der Waals surface area contributed by atoms with E-state index in [2.05, 4.69) is 5.32 Å². The third kappa shape index (κ3) is 3.02. The average Bonchev–Trinajstić information content (AvgIpc) is 2.65. The van der Waals surface area contributed by atoms with Gasteiger partial charge in [0.25, 0.3) is 0 Å². The number of methoxy groups -OCH3 is 1. The first-order chi connectivity index (χ1) is 7.19. The van der Waals surface area contributed by atoms with Gasteiger partial charge in [0.2, 0.25) is 5.91 Å². The van der Waals surface area contributed by atoms with E-state index in [0.29, 0.717) is 10.6 Å². The average molecular weight is 225 g/mol. The molecule has 1 aromatic rings. The largest absolute Gasteiger partial charge is 0.383 e. The third-order valence-corrected chi connectivity index (χ3v) is 2.54. The Bertz CT molecular complexity index is 383. The maximum absolute atomic E-state index is 11.4. The zero-order valence-corrected chi connectivity index (χ0v) is 9.00. The SMILES string of the molecule is COCC(N)C(=O)Nc1sccc1C#N. The number of thiophene rings is 1. The molecular formula is C9H11N3O2S. The molecule has 6 heteroatoms. The van der Waals surface area contributed by atoms with Crippen molar-refractivity contribution in [3.63, 3.8) is 0 Å². The summed E-state index contributed by atoms with van der Waals surface area (Å²) in [5, 5.41) is 13.5. The van der Waals surface area contributed by atoms with Crippen molar-refractivity contribution >= 4 is 22.2 Å². The molecular weight excluding hydrogens is 214 g/mol. The van der Waals surface area contributed by atoms with Crippen LogP contribution < -0.4 is 11.1 Å². The van der Waals surface area contributed by atoms with Gasteiger partial charge in [0.1, 0.15) is 17.1 Å². The highest BCUT2D eigenvalue weighted by Gasteiger charge is 2.15. The second-order valence-electron chi connectivity index (χ2n) is 2.83. The number of carbonyl (C=O) groups is 1. The number of anilines is 1. The van der Waals surface area contributed by atoms with Crippen molar-refractivity contribution in [3.8, 4) is 6.07 Å². The first-order valence-corrected chi connectivity index (χ1v) is 5.10. The standard InChI is InChI=1S/C9H11N3O2S/c1-14-5-7(11)8(13)12-9-6(4-10)2-3-15-9/h2-3,7H,5,11H2,1H3,(H,12,13). The van der Waals surface area contributed by atoms with Gasteiger partial charge in [0, 0.05) is 7.11 Å². The Labute approximate surface area is 91.5 Å². The van der Waals surface area contributed by atoms with E-state index in [0.717, 1.165) is 0 Å². The van der Waals surface area contributed by atoms with Crippen LogP contribution in [0.25, 0.3) is 0 Å². The van der Waals surface area contributed by atoms with Crippen molar-refractivity contribution in [2.75, 3.05) is 19.0 Å². The normalized spacial score (nSPS) is 11.8. The van der Waals surface area contributed by atoms with E-state index < -0.39 is 6.04 Å². The molecule has 0 aliphatic rings. The fourth-order valence-electron chi connectivity index (χ4n) is 0.954. The van der Waals surface area contributed by atoms with Gasteiger partial charge in [0.05, 0.1) is 12.2 Å². The molecule has 5 nitrogen and oxygen atoms in total. The Morgan fingerprint density at radius 3 is 3.20 bits per heavy atom. The molecule has 0 aromatic carbocycles. The van der Waals surface area contributed by atoms with Gasteiger partial charge >= 0.3 is 0 Å². The summed E-state index contributed by atoms with van der Waals surface area (Å²) in [6, 6.07) is 2.90. The molecule has 0 saturated carbocycles. The molecule has 1 rings (SSSR count). The molecule has 1 aromatic heterocycles. The van der Waals surface area contributed by atoms with E-state index >= 15 is 0 Å². The van der Waals surface area contributed by atoms with E-state index in [1.807, 2.05) is 6.07 Å². The lowest BCUT2D eigenvalue weighted by Crippen LogP contribution is -2.39. The van der Waals surface area contributed by atoms with Gasteiger partial charge in [-0.2, -0.15) is 5.26 Å². The van der Waals surface area contributed by atoms with Gasteiger partial charge in [-0.3, -0.25) is 4.79 Å². The van der Waals surface area contributed by atoms with Crippen molar-refractivity contribution < 1.29 is 9.53 Å². The lowest BCUT2D eigenvalue weighted by molar-refractivity contribution is -0.118. The number of nitriles is 1. The molecule has 1 unspecified atom stereocenters. The number of amides is 1. The molecule has 0 aliphatic carbocycles. The number of nitrogens with zero attached hydrogens (tertiary/aromatic N) is 1. The summed E-state index contributed by atoms with van der Waals surface area (Å²) in [7, 11) is 1.47. The van der Waals surface area contributed by atoms with Gasteiger partial charge in [-0.15, -0.1) is 11.3 Å². The van der Waals surface area contributed by atoms with Gasteiger partial charge < -0.3 is 15.8 Å². The van der Waals surface area contributed by atoms with E-state index in [4.69, 9.17) is 15.7 Å². The second-order valence-corrected chi connectivity index (χ2v) is 3.74. The van der Waals surface area contributed by atoms with Crippen LogP contribution in [0.3, 0.4) is 0 Å². The highest BCUT2D eigenvalue weighted by Crippen LogP contribution is 2.21. The van der Waals surface area contributed by atoms with E-state index in [-0.39, 0.29) is 12.5 Å². The molecule has 80 valence electrons. The van der Waals surface area contributed by atoms with E-state index in [9.17, 15) is 4.79 Å². The number of ether oxygens (including phenoxy) is 1. The number of nitrogens with one attached hydrogen (secondary N) is 1. The quantitative estimate of drug-likeness (QED) is 0.782. The van der Waals surface area contributed by atoms with Crippen LogP contribution in [0.1, 0.15) is 5.56 Å². The maximum atomic E-state index is 11.4. The molecule has 1 amide bonds. The third-order valence-electron chi connectivity index (χ3n) is 1.71. The highest BCUT2D eigenvalue weighted by molar-refractivity contribution is 7.14. The Morgan fingerprint density at radius 2 is 2.60 bits per heavy atom. The molecule has 0 bridgehead atoms. The lowest BCUT2D eigenvalue weighted by atomic mass is 10.3. The molecule has 0 radical (unpaired) electrons. The first kappa shape index (κ1) is 11.7. The summed E-state index contributed by atoms with van der Waals surface area (Å²) in [5.74, 6) is -0.351. The Kier molecular flexibility index (Phi) is 4.24. The van der Waals surface area contributed by atoms with Crippen LogP contribution in [0.15, 0.2) is 11.4 Å². The number of hydrogen-bond acceptors (Lipinski definition) is 5. The Balaban J connectivity index is 2.63. The van der Waals surface area contributed by atoms with Gasteiger partial charge in [-0.05, 0) is 11.4 Å². The van der Waals surface area contributed by atoms with Crippen LogP contribution in [0, 0.1) is 11.3 Å². The monoisotopic (exact) mass is 225 g/mol. The zero-order chi connectivity index (χ0) is 11.3. The number of nitrogens with two attached hydrogens (primary N) is 1. The van der Waals surface area contributed by atoms with Crippen molar-refractivity contribution in [1.82, 2.24) is 0 Å². The number of rotatable bonds is 4. The Morgan fingerprint density at radius 1 is 1.87 bits per heavy atom. The van der Waals surface area contributed by atoms with Crippen LogP contribution in [-0.2, 0) is 9.53 Å². The number of hydrogen-bond donors (Lipinski definition) is 2. The van der Waals surface area contributed by atoms with Crippen LogP contribution >= 0.6 is 11.3 Å². The topological polar surface area (TPSA) is 88.1 Å². The van der Waals surface area contributed by atoms with Gasteiger partial charge in [-0.25, -0.2) is 0 Å². The summed E-state index contributed by atoms with van der Waals surface area (Å²) in [4.78, 5) is 11.4. The molecule has 0 saturated heterocycles. The molecule has 3 N–H and O–H groups in total. The predicted octanol–water partition coefficient (Wildman–Crippen LogP) is 0.532. The molecule has 1 heterocycles. The van der Waals surface area contributed by atoms with Crippen LogP contribution in [0.5, 0.6) is 0 Å². The van der Waals surface area contributed by atoms with Crippen LogP contribution in [-0.4, -0.2) is 25.7 Å². The fourth-order valence-corrected chi connectivity index (χ4v) is 1.69. The summed E-state index contributed by atoms with van der Waals surface area (Å²) in [6.45, 7) is 0.152. The van der Waals surface area contributed by atoms with E-state index in [1.165, 1.54) is 18.4 Å². The summed E-state index contributed by atoms with van der Waals surface area (Å²) in [6.07, 6.45) is 0. The molecule has 15 heavy (non-hydrogen) atoms. The first-order valence-electron chi connectivity index (χ1n) is 4.22. The fraction of sp³-hybridized carbons (Fsp3) is 0.333. The summed E-state index contributed by atoms with van der Waals surface area (Å²) >= 11 is 1.29. The molecule has 0 fully saturated rings. The molecule has 1 atom stereocenters. The zero-order valence-electron chi connectivity index (χ0n) is 8.19. The van der Waals surface area contributed by atoms with E-state index in [1.54, 1.807) is 11.4 Å². The minimum absolute atomic E-state index is 0.152. The predicted molar refractivity (Wildman–Crippen MR) is 57.5 cm³/mol. The van der Waals surface area contributed by atoms with Crippen molar-refractivity contribution in [2.45, 2.75) is 6.04 Å². The minimum Gasteiger partial charge on any atom is -0.383 e. The Hall–Kier alpha value is -1.42. The minimum atomic E-state index is -0.719. The number of carbonyl (C=O) groups excluding carboxylic acids is 1.